The molecule has 0 aromatic rings. The van der Waals surface area contributed by atoms with Gasteiger partial charge in [-0.1, -0.05) is 23.8 Å². The number of carbonyl (C=O) groups is 2. The van der Waals surface area contributed by atoms with Crippen molar-refractivity contribution >= 4 is 11.9 Å². The van der Waals surface area contributed by atoms with Gasteiger partial charge in [-0.05, 0) is 59.0 Å². The number of carbonyl (C=O) groups excluding carboxylic acids is 1. The van der Waals surface area contributed by atoms with Crippen LogP contribution in [-0.4, -0.2) is 33.4 Å². The molecule has 0 unspecified atom stereocenters. The van der Waals surface area contributed by atoms with E-state index in [2.05, 4.69) is 6.08 Å². The third kappa shape index (κ3) is 2.56. The fourth-order valence-corrected chi connectivity index (χ4v) is 4.81. The molecule has 2 fully saturated rings. The van der Waals surface area contributed by atoms with Crippen molar-refractivity contribution in [3.63, 3.8) is 0 Å². The van der Waals surface area contributed by atoms with Gasteiger partial charge in [-0.15, -0.1) is 0 Å². The van der Waals surface area contributed by atoms with E-state index in [0.717, 1.165) is 12.8 Å². The Morgan fingerprint density at radius 1 is 1.40 bits per heavy atom. The van der Waals surface area contributed by atoms with Crippen LogP contribution >= 0.6 is 0 Å². The number of esters is 1. The van der Waals surface area contributed by atoms with E-state index in [4.69, 9.17) is 9.84 Å². The van der Waals surface area contributed by atoms with Crippen LogP contribution in [0.25, 0.3) is 0 Å². The summed E-state index contributed by atoms with van der Waals surface area (Å²) in [4.78, 5) is 23.9. The van der Waals surface area contributed by atoms with Crippen LogP contribution in [0.3, 0.4) is 0 Å². The van der Waals surface area contributed by atoms with Gasteiger partial charge in [-0.3, -0.25) is 4.79 Å². The Hall–Kier alpha value is -1.88. The van der Waals surface area contributed by atoms with Gasteiger partial charge in [0.1, 0.15) is 11.0 Å². The molecule has 4 atom stereocenters. The Morgan fingerprint density at radius 2 is 2.12 bits per heavy atom. The van der Waals surface area contributed by atoms with Gasteiger partial charge in [0, 0.05) is 11.5 Å². The van der Waals surface area contributed by atoms with Gasteiger partial charge in [0.2, 0.25) is 0 Å². The van der Waals surface area contributed by atoms with Crippen LogP contribution in [0.15, 0.2) is 35.5 Å². The number of carboxylic acid groups (broad SMARTS) is 1. The molecule has 136 valence electrons. The molecular formula is C20H26O5. The first kappa shape index (κ1) is 17.9. The number of carboxylic acids is 1. The Labute approximate surface area is 148 Å². The van der Waals surface area contributed by atoms with E-state index in [0.29, 0.717) is 19.3 Å². The number of ether oxygens (including phenoxy) is 1. The molecule has 5 heteroatoms. The molecule has 0 aromatic heterocycles. The summed E-state index contributed by atoms with van der Waals surface area (Å²) in [5.74, 6) is -1.51. The van der Waals surface area contributed by atoms with Crippen LogP contribution in [0.2, 0.25) is 0 Å². The first-order valence-corrected chi connectivity index (χ1v) is 8.85. The van der Waals surface area contributed by atoms with Crippen LogP contribution in [0.4, 0.5) is 0 Å². The van der Waals surface area contributed by atoms with Crippen molar-refractivity contribution in [1.82, 2.24) is 0 Å². The van der Waals surface area contributed by atoms with E-state index in [-0.39, 0.29) is 17.5 Å². The lowest BCUT2D eigenvalue weighted by molar-refractivity contribution is -0.224. The van der Waals surface area contributed by atoms with E-state index in [9.17, 15) is 14.7 Å². The topological polar surface area (TPSA) is 83.8 Å². The number of hydrogen-bond donors (Lipinski definition) is 2. The summed E-state index contributed by atoms with van der Waals surface area (Å²) in [5, 5.41) is 20.6. The molecule has 1 saturated heterocycles. The van der Waals surface area contributed by atoms with Crippen LogP contribution in [0.5, 0.6) is 0 Å². The standard InChI is InChI=1S/C20H26O5/c1-13-6-10-19-11-8-15(20(19,24)12-7-13)18(3,25-17(19)23)9-4-5-14(2)16(21)22/h4-6,9,15,24H,7-8,10-12H2,1-3H3,(H,21,22)/b9-4+,14-5+/t15-,18+,19+,20+/m0/s1. The van der Waals surface area contributed by atoms with E-state index in [1.54, 1.807) is 12.2 Å². The number of rotatable bonds is 3. The van der Waals surface area contributed by atoms with Gasteiger partial charge in [0.25, 0.3) is 0 Å². The minimum absolute atomic E-state index is 0.188. The maximum atomic E-state index is 12.9. The second-order valence-corrected chi connectivity index (χ2v) is 7.94. The number of hydrogen-bond acceptors (Lipinski definition) is 4. The van der Waals surface area contributed by atoms with Crippen molar-refractivity contribution in [2.24, 2.45) is 11.3 Å². The molecule has 3 rings (SSSR count). The van der Waals surface area contributed by atoms with Crippen LogP contribution in [0, 0.1) is 11.3 Å². The highest BCUT2D eigenvalue weighted by Crippen LogP contribution is 2.63. The quantitative estimate of drug-likeness (QED) is 0.355. The Balaban J connectivity index is 1.97. The van der Waals surface area contributed by atoms with Crippen molar-refractivity contribution in [1.29, 1.82) is 0 Å². The maximum absolute atomic E-state index is 12.9. The molecule has 0 aromatic carbocycles. The summed E-state index contributed by atoms with van der Waals surface area (Å²) >= 11 is 0. The summed E-state index contributed by atoms with van der Waals surface area (Å²) in [6.07, 6.45) is 10.1. The maximum Gasteiger partial charge on any atom is 0.331 e. The number of cyclic esters (lactones) is 1. The average molecular weight is 346 g/mol. The minimum Gasteiger partial charge on any atom is -0.478 e. The van der Waals surface area contributed by atoms with Crippen molar-refractivity contribution in [3.8, 4) is 0 Å². The summed E-state index contributed by atoms with van der Waals surface area (Å²) in [6, 6.07) is 0. The highest BCUT2D eigenvalue weighted by atomic mass is 16.6. The molecule has 25 heavy (non-hydrogen) atoms. The molecule has 0 radical (unpaired) electrons. The minimum atomic E-state index is -1.08. The molecule has 2 bridgehead atoms. The number of allylic oxidation sites excluding steroid dienone is 4. The van der Waals surface area contributed by atoms with Gasteiger partial charge in [0.05, 0.1) is 5.60 Å². The summed E-state index contributed by atoms with van der Waals surface area (Å²) in [6.45, 7) is 5.36. The second kappa shape index (κ2) is 5.84. The van der Waals surface area contributed by atoms with Crippen molar-refractivity contribution in [3.05, 3.63) is 35.5 Å². The SMILES string of the molecule is CC1=CC[C@@]23CC[C@@H]([C@@](C)(/C=C/C=C(\C)C(=O)O)OC2=O)[C@]3(O)CC1. The normalized spacial score (nSPS) is 41.1. The Bertz CT molecular complexity index is 703. The summed E-state index contributed by atoms with van der Waals surface area (Å²) in [7, 11) is 0. The van der Waals surface area contributed by atoms with Gasteiger partial charge in [0.15, 0.2) is 0 Å². The zero-order valence-electron chi connectivity index (χ0n) is 15.0. The third-order valence-corrected chi connectivity index (χ3v) is 6.47. The zero-order valence-corrected chi connectivity index (χ0v) is 15.0. The van der Waals surface area contributed by atoms with Crippen molar-refractivity contribution in [2.45, 2.75) is 64.1 Å². The van der Waals surface area contributed by atoms with Crippen LogP contribution in [-0.2, 0) is 14.3 Å². The van der Waals surface area contributed by atoms with Gasteiger partial charge >= 0.3 is 11.9 Å². The molecule has 3 aliphatic rings. The molecular weight excluding hydrogens is 320 g/mol. The smallest absolute Gasteiger partial charge is 0.331 e. The molecule has 0 spiro atoms. The molecule has 1 aliphatic heterocycles. The molecule has 1 heterocycles. The predicted molar refractivity (Wildman–Crippen MR) is 92.7 cm³/mol. The van der Waals surface area contributed by atoms with E-state index >= 15 is 0 Å². The Morgan fingerprint density at radius 3 is 2.80 bits per heavy atom. The summed E-state index contributed by atoms with van der Waals surface area (Å²) < 4.78 is 5.83. The fourth-order valence-electron chi connectivity index (χ4n) is 4.81. The van der Waals surface area contributed by atoms with E-state index in [1.165, 1.54) is 18.6 Å². The molecule has 2 aliphatic carbocycles. The van der Waals surface area contributed by atoms with Crippen LogP contribution < -0.4 is 0 Å². The highest BCUT2D eigenvalue weighted by molar-refractivity contribution is 5.86. The fraction of sp³-hybridized carbons (Fsp3) is 0.600. The monoisotopic (exact) mass is 346 g/mol. The largest absolute Gasteiger partial charge is 0.478 e. The average Bonchev–Trinajstić information content (AvgIpc) is 2.69. The Kier molecular flexibility index (Phi) is 4.18. The van der Waals surface area contributed by atoms with E-state index < -0.39 is 22.6 Å². The molecule has 1 saturated carbocycles. The second-order valence-electron chi connectivity index (χ2n) is 7.94. The third-order valence-electron chi connectivity index (χ3n) is 6.47. The summed E-state index contributed by atoms with van der Waals surface area (Å²) in [5.41, 5.74) is -1.44. The predicted octanol–water partition coefficient (Wildman–Crippen LogP) is 3.15. The zero-order chi connectivity index (χ0) is 18.5. The lowest BCUT2D eigenvalue weighted by Gasteiger charge is -2.52. The lowest BCUT2D eigenvalue weighted by Crippen LogP contribution is -2.63. The van der Waals surface area contributed by atoms with Crippen molar-refractivity contribution < 1.29 is 24.5 Å². The van der Waals surface area contributed by atoms with Gasteiger partial charge < -0.3 is 14.9 Å². The first-order chi connectivity index (χ1) is 11.6. The molecule has 5 nitrogen and oxygen atoms in total. The molecule has 0 amide bonds. The van der Waals surface area contributed by atoms with Crippen molar-refractivity contribution in [2.75, 3.05) is 0 Å². The first-order valence-electron chi connectivity index (χ1n) is 8.85. The van der Waals surface area contributed by atoms with Crippen LogP contribution in [0.1, 0.15) is 52.9 Å². The molecule has 2 N–H and O–H groups in total. The van der Waals surface area contributed by atoms with E-state index in [1.807, 2.05) is 13.8 Å². The van der Waals surface area contributed by atoms with Gasteiger partial charge in [-0.25, -0.2) is 4.79 Å². The number of aliphatic hydroxyl groups is 1. The number of aliphatic carboxylic acids is 1. The highest BCUT2D eigenvalue weighted by Gasteiger charge is 2.71. The lowest BCUT2D eigenvalue weighted by atomic mass is 9.62. The van der Waals surface area contributed by atoms with Gasteiger partial charge in [-0.2, -0.15) is 0 Å².